The van der Waals surface area contributed by atoms with Gasteiger partial charge in [0.05, 0.1) is 6.61 Å². The first-order valence-electron chi connectivity index (χ1n) is 7.15. The second-order valence-electron chi connectivity index (χ2n) is 4.68. The summed E-state index contributed by atoms with van der Waals surface area (Å²) >= 11 is 3.27. The van der Waals surface area contributed by atoms with Crippen LogP contribution in [0.15, 0.2) is 46.9 Å². The van der Waals surface area contributed by atoms with Crippen molar-refractivity contribution in [3.05, 3.63) is 58.3 Å². The zero-order chi connectivity index (χ0) is 16.7. The van der Waals surface area contributed by atoms with Gasteiger partial charge in [0.15, 0.2) is 18.1 Å². The van der Waals surface area contributed by atoms with E-state index in [1.807, 2.05) is 13.0 Å². The first-order chi connectivity index (χ1) is 11.1. The number of benzene rings is 2. The fraction of sp³-hybridized carbons (Fsp3) is 0.235. The summed E-state index contributed by atoms with van der Waals surface area (Å²) in [5.41, 5.74) is 0.405. The van der Waals surface area contributed by atoms with Crippen molar-refractivity contribution in [1.29, 1.82) is 0 Å². The van der Waals surface area contributed by atoms with Crippen molar-refractivity contribution < 1.29 is 18.7 Å². The molecule has 0 heterocycles. The maximum atomic E-state index is 13.6. The van der Waals surface area contributed by atoms with Crippen molar-refractivity contribution in [2.24, 2.45) is 0 Å². The fourth-order valence-corrected chi connectivity index (χ4v) is 2.32. The van der Waals surface area contributed by atoms with Crippen LogP contribution in [0.25, 0.3) is 0 Å². The molecule has 0 spiro atoms. The highest BCUT2D eigenvalue weighted by Crippen LogP contribution is 2.26. The Morgan fingerprint density at radius 3 is 2.57 bits per heavy atom. The van der Waals surface area contributed by atoms with Crippen LogP contribution in [0.1, 0.15) is 12.5 Å². The number of halogens is 2. The summed E-state index contributed by atoms with van der Waals surface area (Å²) in [6.07, 6.45) is 0. The maximum Gasteiger partial charge on any atom is 0.258 e. The lowest BCUT2D eigenvalue weighted by Gasteiger charge is -2.12. The van der Waals surface area contributed by atoms with Gasteiger partial charge in [0.1, 0.15) is 5.82 Å². The molecular formula is C17H17BrFNO3. The zero-order valence-corrected chi connectivity index (χ0v) is 14.2. The van der Waals surface area contributed by atoms with Crippen molar-refractivity contribution in [1.82, 2.24) is 5.32 Å². The van der Waals surface area contributed by atoms with Gasteiger partial charge in [0, 0.05) is 16.6 Å². The highest BCUT2D eigenvalue weighted by molar-refractivity contribution is 9.10. The average molecular weight is 382 g/mol. The maximum absolute atomic E-state index is 13.6. The molecule has 0 aliphatic rings. The van der Waals surface area contributed by atoms with Crippen LogP contribution >= 0.6 is 15.9 Å². The summed E-state index contributed by atoms with van der Waals surface area (Å²) < 4.78 is 25.2. The van der Waals surface area contributed by atoms with E-state index in [1.165, 1.54) is 6.07 Å². The molecule has 0 aliphatic heterocycles. The van der Waals surface area contributed by atoms with Gasteiger partial charge in [-0.15, -0.1) is 0 Å². The van der Waals surface area contributed by atoms with E-state index in [1.54, 1.807) is 30.3 Å². The molecule has 1 N–H and O–H groups in total. The normalized spacial score (nSPS) is 10.2. The Kier molecular flexibility index (Phi) is 6.40. The SMILES string of the molecule is CCOc1ccccc1OCC(=O)NCc1cc(Br)ccc1F. The number of hydrogen-bond acceptors (Lipinski definition) is 3. The molecular weight excluding hydrogens is 365 g/mol. The van der Waals surface area contributed by atoms with Gasteiger partial charge in [-0.3, -0.25) is 4.79 Å². The monoisotopic (exact) mass is 381 g/mol. The van der Waals surface area contributed by atoms with Gasteiger partial charge < -0.3 is 14.8 Å². The lowest BCUT2D eigenvalue weighted by molar-refractivity contribution is -0.123. The lowest BCUT2D eigenvalue weighted by atomic mass is 10.2. The van der Waals surface area contributed by atoms with Gasteiger partial charge in [-0.05, 0) is 37.3 Å². The third-order valence-corrected chi connectivity index (χ3v) is 3.48. The number of ether oxygens (including phenoxy) is 2. The van der Waals surface area contributed by atoms with Gasteiger partial charge >= 0.3 is 0 Å². The molecule has 23 heavy (non-hydrogen) atoms. The van der Waals surface area contributed by atoms with E-state index in [0.29, 0.717) is 23.7 Å². The van der Waals surface area contributed by atoms with Crippen molar-refractivity contribution >= 4 is 21.8 Å². The minimum atomic E-state index is -0.365. The van der Waals surface area contributed by atoms with Crippen LogP contribution < -0.4 is 14.8 Å². The largest absolute Gasteiger partial charge is 0.490 e. The molecule has 2 aromatic carbocycles. The predicted molar refractivity (Wildman–Crippen MR) is 89.1 cm³/mol. The second-order valence-corrected chi connectivity index (χ2v) is 5.60. The Bertz CT molecular complexity index is 679. The Morgan fingerprint density at radius 2 is 1.87 bits per heavy atom. The van der Waals surface area contributed by atoms with Crippen molar-refractivity contribution in [2.75, 3.05) is 13.2 Å². The van der Waals surface area contributed by atoms with Crippen LogP contribution in [0.4, 0.5) is 4.39 Å². The quantitative estimate of drug-likeness (QED) is 0.795. The molecule has 2 aromatic rings. The first-order valence-corrected chi connectivity index (χ1v) is 7.94. The number of rotatable bonds is 7. The number of hydrogen-bond donors (Lipinski definition) is 1. The molecule has 1 amide bonds. The first kappa shape index (κ1) is 17.3. The van der Waals surface area contributed by atoms with E-state index in [4.69, 9.17) is 9.47 Å². The highest BCUT2D eigenvalue weighted by atomic mass is 79.9. The van der Waals surface area contributed by atoms with Gasteiger partial charge in [-0.2, -0.15) is 0 Å². The topological polar surface area (TPSA) is 47.6 Å². The summed E-state index contributed by atoms with van der Waals surface area (Å²) in [7, 11) is 0. The van der Waals surface area contributed by atoms with Crippen molar-refractivity contribution in [3.8, 4) is 11.5 Å². The standard InChI is InChI=1S/C17H17BrFNO3/c1-2-22-15-5-3-4-6-16(15)23-11-17(21)20-10-12-9-13(18)7-8-14(12)19/h3-9H,2,10-11H2,1H3,(H,20,21). The Morgan fingerprint density at radius 1 is 1.17 bits per heavy atom. The summed E-state index contributed by atoms with van der Waals surface area (Å²) in [5.74, 6) is 0.380. The highest BCUT2D eigenvalue weighted by Gasteiger charge is 2.09. The van der Waals surface area contributed by atoms with E-state index in [-0.39, 0.29) is 24.9 Å². The molecule has 122 valence electrons. The van der Waals surface area contributed by atoms with Crippen LogP contribution in [0.3, 0.4) is 0 Å². The third kappa shape index (κ3) is 5.25. The van der Waals surface area contributed by atoms with E-state index in [0.717, 1.165) is 4.47 Å². The molecule has 0 aliphatic carbocycles. The number of carbonyl (C=O) groups is 1. The number of carbonyl (C=O) groups excluding carboxylic acids is 1. The van der Waals surface area contributed by atoms with Crippen molar-refractivity contribution in [2.45, 2.75) is 13.5 Å². The minimum absolute atomic E-state index is 0.0978. The summed E-state index contributed by atoms with van der Waals surface area (Å²) in [6, 6.07) is 11.7. The summed E-state index contributed by atoms with van der Waals surface area (Å²) in [6.45, 7) is 2.31. The molecule has 0 atom stereocenters. The van der Waals surface area contributed by atoms with E-state index in [2.05, 4.69) is 21.2 Å². The Labute approximate surface area is 142 Å². The van der Waals surface area contributed by atoms with E-state index >= 15 is 0 Å². The van der Waals surface area contributed by atoms with Gasteiger partial charge in [-0.1, -0.05) is 28.1 Å². The molecule has 6 heteroatoms. The lowest BCUT2D eigenvalue weighted by Crippen LogP contribution is -2.28. The fourth-order valence-electron chi connectivity index (χ4n) is 1.91. The predicted octanol–water partition coefficient (Wildman–Crippen LogP) is 3.68. The second kappa shape index (κ2) is 8.53. The molecule has 0 radical (unpaired) electrons. The van der Waals surface area contributed by atoms with Gasteiger partial charge in [-0.25, -0.2) is 4.39 Å². The van der Waals surface area contributed by atoms with Gasteiger partial charge in [0.25, 0.3) is 5.91 Å². The zero-order valence-electron chi connectivity index (χ0n) is 12.6. The number of nitrogens with one attached hydrogen (secondary N) is 1. The van der Waals surface area contributed by atoms with Crippen LogP contribution in [0.2, 0.25) is 0 Å². The molecule has 0 saturated heterocycles. The average Bonchev–Trinajstić information content (AvgIpc) is 2.55. The Balaban J connectivity index is 1.87. The van der Waals surface area contributed by atoms with Crippen LogP contribution in [0.5, 0.6) is 11.5 Å². The molecule has 4 nitrogen and oxygen atoms in total. The van der Waals surface area contributed by atoms with Crippen LogP contribution in [-0.4, -0.2) is 19.1 Å². The van der Waals surface area contributed by atoms with E-state index < -0.39 is 0 Å². The third-order valence-electron chi connectivity index (χ3n) is 2.99. The minimum Gasteiger partial charge on any atom is -0.490 e. The molecule has 0 bridgehead atoms. The molecule has 0 aromatic heterocycles. The molecule has 0 saturated carbocycles. The smallest absolute Gasteiger partial charge is 0.258 e. The van der Waals surface area contributed by atoms with Crippen LogP contribution in [0, 0.1) is 5.82 Å². The summed E-state index contributed by atoms with van der Waals surface area (Å²) in [4.78, 5) is 11.8. The number of amides is 1. The molecule has 0 unspecified atom stereocenters. The van der Waals surface area contributed by atoms with Crippen LogP contribution in [-0.2, 0) is 11.3 Å². The van der Waals surface area contributed by atoms with Gasteiger partial charge in [0.2, 0.25) is 0 Å². The van der Waals surface area contributed by atoms with E-state index in [9.17, 15) is 9.18 Å². The Hall–Kier alpha value is -2.08. The van der Waals surface area contributed by atoms with Crippen molar-refractivity contribution in [3.63, 3.8) is 0 Å². The molecule has 2 rings (SSSR count). The molecule has 0 fully saturated rings. The summed E-state index contributed by atoms with van der Waals surface area (Å²) in [5, 5.41) is 2.62. The number of para-hydroxylation sites is 2.